The van der Waals surface area contributed by atoms with Crippen LogP contribution >= 0.6 is 0 Å². The van der Waals surface area contributed by atoms with Crippen LogP contribution in [0.25, 0.3) is 0 Å². The quantitative estimate of drug-likeness (QED) is 0.915. The average Bonchev–Trinajstić information content (AvgIpc) is 2.45. The lowest BCUT2D eigenvalue weighted by molar-refractivity contribution is 0.0784. The SMILES string of the molecule is Cc1ccc(C(=O)N(C)CCC2CCNCC2)c(C)c1. The van der Waals surface area contributed by atoms with Crippen molar-refractivity contribution in [2.45, 2.75) is 33.1 Å². The maximum absolute atomic E-state index is 12.5. The van der Waals surface area contributed by atoms with Gasteiger partial charge in [0.25, 0.3) is 5.91 Å². The minimum Gasteiger partial charge on any atom is -0.342 e. The van der Waals surface area contributed by atoms with Crippen molar-refractivity contribution in [1.82, 2.24) is 10.2 Å². The van der Waals surface area contributed by atoms with Crippen LogP contribution in [0.2, 0.25) is 0 Å². The van der Waals surface area contributed by atoms with E-state index < -0.39 is 0 Å². The molecule has 0 bridgehead atoms. The number of carbonyl (C=O) groups is 1. The van der Waals surface area contributed by atoms with Gasteiger partial charge in [0, 0.05) is 19.2 Å². The van der Waals surface area contributed by atoms with E-state index in [0.29, 0.717) is 0 Å². The summed E-state index contributed by atoms with van der Waals surface area (Å²) in [4.78, 5) is 14.3. The molecule has 0 saturated carbocycles. The van der Waals surface area contributed by atoms with E-state index in [1.165, 1.54) is 18.4 Å². The molecule has 1 heterocycles. The molecule has 3 nitrogen and oxygen atoms in total. The summed E-state index contributed by atoms with van der Waals surface area (Å²) in [6, 6.07) is 6.04. The van der Waals surface area contributed by atoms with Gasteiger partial charge in [0.2, 0.25) is 0 Å². The topological polar surface area (TPSA) is 32.3 Å². The Hall–Kier alpha value is -1.35. The number of piperidine rings is 1. The van der Waals surface area contributed by atoms with Crippen molar-refractivity contribution < 1.29 is 4.79 Å². The van der Waals surface area contributed by atoms with E-state index in [1.807, 2.05) is 31.0 Å². The third-order valence-corrected chi connectivity index (χ3v) is 4.29. The maximum Gasteiger partial charge on any atom is 0.253 e. The summed E-state index contributed by atoms with van der Waals surface area (Å²) in [7, 11) is 1.92. The molecule has 1 aromatic rings. The van der Waals surface area contributed by atoms with Gasteiger partial charge >= 0.3 is 0 Å². The standard InChI is InChI=1S/C17H26N2O/c1-13-4-5-16(14(2)12-13)17(20)19(3)11-8-15-6-9-18-10-7-15/h4-5,12,15,18H,6-11H2,1-3H3. The van der Waals surface area contributed by atoms with Crippen LogP contribution in [0.4, 0.5) is 0 Å². The van der Waals surface area contributed by atoms with E-state index in [-0.39, 0.29) is 5.91 Å². The number of hydrogen-bond donors (Lipinski definition) is 1. The Balaban J connectivity index is 1.90. The molecule has 0 aromatic heterocycles. The zero-order valence-corrected chi connectivity index (χ0v) is 12.9. The minimum atomic E-state index is 0.149. The highest BCUT2D eigenvalue weighted by atomic mass is 16.2. The van der Waals surface area contributed by atoms with Gasteiger partial charge in [0.05, 0.1) is 0 Å². The van der Waals surface area contributed by atoms with E-state index in [2.05, 4.69) is 18.3 Å². The van der Waals surface area contributed by atoms with Crippen molar-refractivity contribution in [2.24, 2.45) is 5.92 Å². The van der Waals surface area contributed by atoms with Gasteiger partial charge in [-0.2, -0.15) is 0 Å². The molecule has 2 rings (SSSR count). The lowest BCUT2D eigenvalue weighted by atomic mass is 9.94. The Morgan fingerprint density at radius 1 is 1.30 bits per heavy atom. The van der Waals surface area contributed by atoms with E-state index in [0.717, 1.165) is 43.1 Å². The Morgan fingerprint density at radius 2 is 2.00 bits per heavy atom. The number of carbonyl (C=O) groups excluding carboxylic acids is 1. The van der Waals surface area contributed by atoms with Gasteiger partial charge in [0.15, 0.2) is 0 Å². The van der Waals surface area contributed by atoms with Crippen LogP contribution in [-0.2, 0) is 0 Å². The van der Waals surface area contributed by atoms with Gasteiger partial charge in [-0.15, -0.1) is 0 Å². The first-order valence-corrected chi connectivity index (χ1v) is 7.61. The predicted octanol–water partition coefficient (Wildman–Crippen LogP) is 2.77. The molecule has 0 spiro atoms. The number of amides is 1. The fraction of sp³-hybridized carbons (Fsp3) is 0.588. The van der Waals surface area contributed by atoms with Gasteiger partial charge in [-0.25, -0.2) is 0 Å². The molecule has 0 radical (unpaired) electrons. The third kappa shape index (κ3) is 3.83. The summed E-state index contributed by atoms with van der Waals surface area (Å²) in [5.41, 5.74) is 3.11. The molecule has 0 atom stereocenters. The molecule has 1 fully saturated rings. The Bertz CT molecular complexity index is 464. The molecule has 1 aliphatic heterocycles. The fourth-order valence-corrected chi connectivity index (χ4v) is 2.91. The normalized spacial score (nSPS) is 16.1. The van der Waals surface area contributed by atoms with Gasteiger partial charge in [-0.3, -0.25) is 4.79 Å². The summed E-state index contributed by atoms with van der Waals surface area (Å²) in [6.45, 7) is 7.18. The number of hydrogen-bond acceptors (Lipinski definition) is 2. The second-order valence-electron chi connectivity index (χ2n) is 6.03. The number of nitrogens with zero attached hydrogens (tertiary/aromatic N) is 1. The van der Waals surface area contributed by atoms with Crippen LogP contribution < -0.4 is 5.32 Å². The largest absolute Gasteiger partial charge is 0.342 e. The van der Waals surface area contributed by atoms with E-state index >= 15 is 0 Å². The van der Waals surface area contributed by atoms with Crippen molar-refractivity contribution in [3.05, 3.63) is 34.9 Å². The highest BCUT2D eigenvalue weighted by Gasteiger charge is 2.17. The lowest BCUT2D eigenvalue weighted by Crippen LogP contribution is -2.32. The lowest BCUT2D eigenvalue weighted by Gasteiger charge is -2.25. The molecule has 1 aromatic carbocycles. The molecular weight excluding hydrogens is 248 g/mol. The molecular formula is C17H26N2O. The summed E-state index contributed by atoms with van der Waals surface area (Å²) < 4.78 is 0. The first kappa shape index (κ1) is 15.0. The molecule has 0 aliphatic carbocycles. The number of benzene rings is 1. The van der Waals surface area contributed by atoms with Crippen molar-refractivity contribution >= 4 is 5.91 Å². The van der Waals surface area contributed by atoms with E-state index in [1.54, 1.807) is 0 Å². The van der Waals surface area contributed by atoms with E-state index in [9.17, 15) is 4.79 Å². The molecule has 3 heteroatoms. The number of aryl methyl sites for hydroxylation is 2. The van der Waals surface area contributed by atoms with Crippen LogP contribution in [-0.4, -0.2) is 37.5 Å². The second-order valence-corrected chi connectivity index (χ2v) is 6.03. The Kier molecular flexibility index (Phi) is 5.18. The molecule has 1 aliphatic rings. The summed E-state index contributed by atoms with van der Waals surface area (Å²) in [5.74, 6) is 0.919. The van der Waals surface area contributed by atoms with Gasteiger partial charge in [-0.05, 0) is 63.7 Å². The number of nitrogens with one attached hydrogen (secondary N) is 1. The first-order chi connectivity index (χ1) is 9.58. The minimum absolute atomic E-state index is 0.149. The molecule has 1 N–H and O–H groups in total. The zero-order valence-electron chi connectivity index (χ0n) is 12.9. The first-order valence-electron chi connectivity index (χ1n) is 7.61. The Labute approximate surface area is 122 Å². The second kappa shape index (κ2) is 6.89. The monoisotopic (exact) mass is 274 g/mol. The van der Waals surface area contributed by atoms with E-state index in [4.69, 9.17) is 0 Å². The summed E-state index contributed by atoms with van der Waals surface area (Å²) in [5, 5.41) is 3.38. The fourth-order valence-electron chi connectivity index (χ4n) is 2.91. The van der Waals surface area contributed by atoms with Crippen molar-refractivity contribution in [2.75, 3.05) is 26.7 Å². The van der Waals surface area contributed by atoms with Gasteiger partial charge in [-0.1, -0.05) is 17.7 Å². The number of rotatable bonds is 4. The highest BCUT2D eigenvalue weighted by Crippen LogP contribution is 2.17. The molecule has 110 valence electrons. The van der Waals surface area contributed by atoms with Gasteiger partial charge in [0.1, 0.15) is 0 Å². The summed E-state index contributed by atoms with van der Waals surface area (Å²) in [6.07, 6.45) is 3.60. The van der Waals surface area contributed by atoms with Crippen LogP contribution in [0, 0.1) is 19.8 Å². The average molecular weight is 274 g/mol. The van der Waals surface area contributed by atoms with Gasteiger partial charge < -0.3 is 10.2 Å². The Morgan fingerprint density at radius 3 is 2.65 bits per heavy atom. The maximum atomic E-state index is 12.5. The molecule has 1 amide bonds. The van der Waals surface area contributed by atoms with Crippen LogP contribution in [0.15, 0.2) is 18.2 Å². The smallest absolute Gasteiger partial charge is 0.253 e. The van der Waals surface area contributed by atoms with Crippen molar-refractivity contribution in [3.63, 3.8) is 0 Å². The van der Waals surface area contributed by atoms with Crippen LogP contribution in [0.5, 0.6) is 0 Å². The van der Waals surface area contributed by atoms with Crippen LogP contribution in [0.1, 0.15) is 40.7 Å². The van der Waals surface area contributed by atoms with Crippen molar-refractivity contribution in [1.29, 1.82) is 0 Å². The predicted molar refractivity (Wildman–Crippen MR) is 83.1 cm³/mol. The summed E-state index contributed by atoms with van der Waals surface area (Å²) >= 11 is 0. The third-order valence-electron chi connectivity index (χ3n) is 4.29. The molecule has 20 heavy (non-hydrogen) atoms. The molecule has 1 saturated heterocycles. The van der Waals surface area contributed by atoms with Crippen LogP contribution in [0.3, 0.4) is 0 Å². The highest BCUT2D eigenvalue weighted by molar-refractivity contribution is 5.95. The van der Waals surface area contributed by atoms with Crippen molar-refractivity contribution in [3.8, 4) is 0 Å². The zero-order chi connectivity index (χ0) is 14.5. The molecule has 0 unspecified atom stereocenters.